The van der Waals surface area contributed by atoms with Crippen molar-refractivity contribution in [1.29, 1.82) is 0 Å². The minimum atomic E-state index is -1.80. The molecule has 2 unspecified atom stereocenters. The monoisotopic (exact) mass is 698 g/mol. The molecule has 0 aliphatic heterocycles. The van der Waals surface area contributed by atoms with E-state index < -0.39 is 67.8 Å². The normalized spacial score (nSPS) is 34.9. The number of hydrogen-bond donors (Lipinski definition) is 1. The first-order valence-electron chi connectivity index (χ1n) is 16.3. The molecule has 0 aromatic carbocycles. The maximum Gasteiger partial charge on any atom is 0.306 e. The number of unbranched alkanes of at least 4 members (excludes halogenated alkanes) is 2. The second-order valence-corrected chi connectivity index (χ2v) is 14.3. The zero-order chi connectivity index (χ0) is 35.5. The van der Waals surface area contributed by atoms with Gasteiger partial charge in [0.05, 0.1) is 24.2 Å². The van der Waals surface area contributed by atoms with Crippen molar-refractivity contribution in [2.24, 2.45) is 28.6 Å². The SMILES string of the molecule is C[C@H]1CC2C3CCC4=CC(=O)C=C[C@]4(C)[C@@]3(Cl)[C@@H](O)C[C@]2(C)[C@@]1(OC(=O)CCCCCO[N+](=O)[O-])C(=O)COC(=O)CCCO[N+](=O)[O-]. The number of esters is 2. The van der Waals surface area contributed by atoms with Crippen LogP contribution in [0.15, 0.2) is 23.8 Å². The Kier molecular flexibility index (Phi) is 11.2. The zero-order valence-electron chi connectivity index (χ0n) is 27.4. The number of aliphatic hydroxyl groups excluding tert-OH is 1. The Morgan fingerprint density at radius 1 is 1.00 bits per heavy atom. The number of carbonyl (C=O) groups excluding carboxylic acids is 4. The summed E-state index contributed by atoms with van der Waals surface area (Å²) in [6.07, 6.45) is 5.83. The van der Waals surface area contributed by atoms with E-state index in [1.54, 1.807) is 19.1 Å². The first kappa shape index (κ1) is 37.2. The van der Waals surface area contributed by atoms with Crippen LogP contribution in [0.25, 0.3) is 0 Å². The van der Waals surface area contributed by atoms with Gasteiger partial charge in [0, 0.05) is 29.6 Å². The van der Waals surface area contributed by atoms with E-state index in [0.29, 0.717) is 38.5 Å². The number of nitrogens with zero attached hydrogens (tertiary/aromatic N) is 2. The number of allylic oxidation sites excluding steroid dienone is 4. The maximum absolute atomic E-state index is 14.3. The van der Waals surface area contributed by atoms with Gasteiger partial charge in [0.2, 0.25) is 5.78 Å². The minimum absolute atomic E-state index is 0.0159. The predicted molar refractivity (Wildman–Crippen MR) is 166 cm³/mol. The van der Waals surface area contributed by atoms with Crippen LogP contribution in [0.5, 0.6) is 0 Å². The second kappa shape index (κ2) is 14.5. The summed E-state index contributed by atoms with van der Waals surface area (Å²) in [6, 6.07) is 0. The highest BCUT2D eigenvalue weighted by molar-refractivity contribution is 6.26. The second-order valence-electron chi connectivity index (χ2n) is 13.7. The van der Waals surface area contributed by atoms with E-state index in [4.69, 9.17) is 21.1 Å². The van der Waals surface area contributed by atoms with E-state index in [1.807, 2.05) is 13.8 Å². The molecular formula is C32H43ClN2O13. The third-order valence-corrected chi connectivity index (χ3v) is 12.1. The lowest BCUT2D eigenvalue weighted by atomic mass is 9.45. The van der Waals surface area contributed by atoms with Gasteiger partial charge in [-0.25, -0.2) is 0 Å². The summed E-state index contributed by atoms with van der Waals surface area (Å²) >= 11 is 7.54. The lowest BCUT2D eigenvalue weighted by Gasteiger charge is -2.64. The van der Waals surface area contributed by atoms with Crippen LogP contribution in [-0.2, 0) is 38.3 Å². The van der Waals surface area contributed by atoms with E-state index in [0.717, 1.165) is 5.57 Å². The third-order valence-electron chi connectivity index (χ3n) is 11.2. The van der Waals surface area contributed by atoms with Gasteiger partial charge < -0.3 is 24.3 Å². The Bertz CT molecular complexity index is 1390. The fourth-order valence-electron chi connectivity index (χ4n) is 9.00. The van der Waals surface area contributed by atoms with Crippen LogP contribution in [0.1, 0.15) is 85.0 Å². The number of ketones is 2. The molecule has 8 atom stereocenters. The summed E-state index contributed by atoms with van der Waals surface area (Å²) in [7, 11) is 0. The Labute approximate surface area is 282 Å². The van der Waals surface area contributed by atoms with Crippen molar-refractivity contribution in [3.8, 4) is 0 Å². The molecular weight excluding hydrogens is 656 g/mol. The number of halogens is 1. The first-order chi connectivity index (χ1) is 22.5. The molecule has 0 aromatic heterocycles. The van der Waals surface area contributed by atoms with Gasteiger partial charge in [0.1, 0.15) is 0 Å². The Morgan fingerprint density at radius 3 is 2.31 bits per heavy atom. The number of fused-ring (bicyclic) bond motifs is 5. The molecule has 0 heterocycles. The summed E-state index contributed by atoms with van der Waals surface area (Å²) < 4.78 is 11.5. The van der Waals surface area contributed by atoms with Crippen molar-refractivity contribution in [1.82, 2.24) is 0 Å². The van der Waals surface area contributed by atoms with Gasteiger partial charge in [0.25, 0.3) is 10.2 Å². The van der Waals surface area contributed by atoms with Crippen LogP contribution < -0.4 is 0 Å². The molecule has 3 fully saturated rings. The predicted octanol–water partition coefficient (Wildman–Crippen LogP) is 4.02. The molecule has 0 bridgehead atoms. The number of carbonyl (C=O) groups is 4. The Hall–Kier alpha value is -3.59. The van der Waals surface area contributed by atoms with Crippen molar-refractivity contribution in [3.63, 3.8) is 0 Å². The highest BCUT2D eigenvalue weighted by Crippen LogP contribution is 2.72. The highest BCUT2D eigenvalue weighted by Gasteiger charge is 2.76. The van der Waals surface area contributed by atoms with Crippen LogP contribution in [0.2, 0.25) is 0 Å². The molecule has 48 heavy (non-hydrogen) atoms. The Morgan fingerprint density at radius 2 is 1.65 bits per heavy atom. The average Bonchev–Trinajstić information content (AvgIpc) is 3.22. The van der Waals surface area contributed by atoms with Crippen molar-refractivity contribution in [2.75, 3.05) is 19.8 Å². The fourth-order valence-corrected chi connectivity index (χ4v) is 9.52. The van der Waals surface area contributed by atoms with Gasteiger partial charge in [-0.1, -0.05) is 38.8 Å². The molecule has 16 heteroatoms. The highest BCUT2D eigenvalue weighted by atomic mass is 35.5. The number of aliphatic hydroxyl groups is 1. The molecule has 4 rings (SSSR count). The molecule has 266 valence electrons. The standard InChI is InChI=1S/C32H43ClN2O13/c1-20-16-24-23-11-10-21-17-22(36)12-13-29(21,2)31(23,33)25(37)18-30(24,3)32(20,48-28(40)8-5-4-6-14-46-34(41)42)26(38)19-45-27(39)9-7-15-47-35(43)44/h12-13,17,20,23-25,37H,4-11,14-16,18-19H2,1-3H3/t20-,23?,24?,25-,29-,30-,31-,32-/m0/s1. The van der Waals surface area contributed by atoms with Gasteiger partial charge in [-0.15, -0.1) is 31.8 Å². The van der Waals surface area contributed by atoms with Gasteiger partial charge in [-0.05, 0) is 68.9 Å². The average molecular weight is 699 g/mol. The summed E-state index contributed by atoms with van der Waals surface area (Å²) in [5, 5.41) is 30.9. The topological polar surface area (TPSA) is 212 Å². The quantitative estimate of drug-likeness (QED) is 0.0794. The molecule has 1 N–H and O–H groups in total. The number of ether oxygens (including phenoxy) is 2. The Balaban J connectivity index is 1.60. The van der Waals surface area contributed by atoms with Gasteiger partial charge >= 0.3 is 11.9 Å². The van der Waals surface area contributed by atoms with E-state index in [-0.39, 0.29) is 56.5 Å². The summed E-state index contributed by atoms with van der Waals surface area (Å²) in [4.78, 5) is 80.6. The number of hydrogen-bond acceptors (Lipinski definition) is 13. The van der Waals surface area contributed by atoms with Crippen LogP contribution in [0.4, 0.5) is 0 Å². The number of alkyl halides is 1. The summed E-state index contributed by atoms with van der Waals surface area (Å²) in [5.41, 5.74) is -2.93. The van der Waals surface area contributed by atoms with Gasteiger partial charge in [0.15, 0.2) is 18.0 Å². The summed E-state index contributed by atoms with van der Waals surface area (Å²) in [5.74, 6) is -3.47. The molecule has 4 aliphatic carbocycles. The molecule has 0 saturated heterocycles. The zero-order valence-corrected chi connectivity index (χ0v) is 28.1. The van der Waals surface area contributed by atoms with E-state index >= 15 is 0 Å². The van der Waals surface area contributed by atoms with Crippen molar-refractivity contribution < 1.29 is 53.6 Å². The lowest BCUT2D eigenvalue weighted by Crippen LogP contribution is -2.69. The smallest absolute Gasteiger partial charge is 0.306 e. The van der Waals surface area contributed by atoms with Gasteiger partial charge in [-0.2, -0.15) is 0 Å². The van der Waals surface area contributed by atoms with Crippen molar-refractivity contribution in [3.05, 3.63) is 44.0 Å². The number of rotatable bonds is 16. The molecule has 15 nitrogen and oxygen atoms in total. The maximum atomic E-state index is 14.3. The molecule has 0 amide bonds. The lowest BCUT2D eigenvalue weighted by molar-refractivity contribution is -0.757. The molecule has 0 aromatic rings. The molecule has 0 radical (unpaired) electrons. The van der Waals surface area contributed by atoms with E-state index in [2.05, 4.69) is 9.68 Å². The molecule has 3 saturated carbocycles. The largest absolute Gasteiger partial charge is 0.457 e. The van der Waals surface area contributed by atoms with Crippen molar-refractivity contribution >= 4 is 35.1 Å². The number of Topliss-reactive ketones (excluding diaryl/α,β-unsaturated/α-hetero) is 1. The molecule has 4 aliphatic rings. The first-order valence-corrected chi connectivity index (χ1v) is 16.7. The van der Waals surface area contributed by atoms with E-state index in [1.165, 1.54) is 6.08 Å². The van der Waals surface area contributed by atoms with Crippen molar-refractivity contribution in [2.45, 2.75) is 102 Å². The molecule has 0 spiro atoms. The fraction of sp³-hybridized carbons (Fsp3) is 0.750. The van der Waals surface area contributed by atoms with Gasteiger partial charge in [-0.3, -0.25) is 19.2 Å². The third kappa shape index (κ3) is 6.67. The van der Waals surface area contributed by atoms with Crippen LogP contribution in [-0.4, -0.2) is 75.2 Å². The van der Waals surface area contributed by atoms with Crippen LogP contribution >= 0.6 is 11.6 Å². The van der Waals surface area contributed by atoms with E-state index in [9.17, 15) is 44.5 Å². The minimum Gasteiger partial charge on any atom is -0.457 e. The summed E-state index contributed by atoms with van der Waals surface area (Å²) in [6.45, 7) is 4.34. The van der Waals surface area contributed by atoms with Crippen LogP contribution in [0, 0.1) is 48.8 Å². The van der Waals surface area contributed by atoms with Crippen LogP contribution in [0.3, 0.4) is 0 Å².